The molecule has 1 saturated heterocycles. The molecule has 2 N–H and O–H groups in total. The summed E-state index contributed by atoms with van der Waals surface area (Å²) in [7, 11) is 0. The second-order valence-corrected chi connectivity index (χ2v) is 6.91. The Kier molecular flexibility index (Phi) is 4.59. The Bertz CT molecular complexity index is 260. The van der Waals surface area contributed by atoms with Crippen LogP contribution in [0.25, 0.3) is 0 Å². The molecule has 0 aromatic carbocycles. The van der Waals surface area contributed by atoms with Crippen LogP contribution in [-0.4, -0.2) is 25.0 Å². The number of carbonyl (C=O) groups excluding carboxylic acids is 1. The predicted molar refractivity (Wildman–Crippen MR) is 71.9 cm³/mol. The highest BCUT2D eigenvalue weighted by atomic mass is 16.1. The number of rotatable bonds is 4. The van der Waals surface area contributed by atoms with Gasteiger partial charge in [0.15, 0.2) is 0 Å². The first kappa shape index (κ1) is 14.5. The van der Waals surface area contributed by atoms with Crippen molar-refractivity contribution in [3.8, 4) is 0 Å². The predicted octanol–water partition coefficient (Wildman–Crippen LogP) is 2.32. The van der Waals surface area contributed by atoms with Crippen molar-refractivity contribution < 1.29 is 4.79 Å². The van der Waals surface area contributed by atoms with Gasteiger partial charge in [0.1, 0.15) is 0 Å². The molecule has 1 aliphatic heterocycles. The lowest BCUT2D eigenvalue weighted by Gasteiger charge is -2.39. The molecule has 0 radical (unpaired) electrons. The van der Waals surface area contributed by atoms with Gasteiger partial charge in [-0.2, -0.15) is 0 Å². The molecule has 1 aliphatic rings. The van der Waals surface area contributed by atoms with E-state index in [1.54, 1.807) is 0 Å². The standard InChI is InChI=1S/C14H28N2O/c1-13(2,3)14(4,5)10-16-12(17)9-11-7-6-8-15-11/h11,15H,6-10H2,1-5H3,(H,16,17). The number of nitrogens with one attached hydrogen (secondary N) is 2. The minimum absolute atomic E-state index is 0.117. The van der Waals surface area contributed by atoms with Gasteiger partial charge in [-0.15, -0.1) is 0 Å². The van der Waals surface area contributed by atoms with Crippen LogP contribution in [0.3, 0.4) is 0 Å². The quantitative estimate of drug-likeness (QED) is 0.792. The van der Waals surface area contributed by atoms with E-state index < -0.39 is 0 Å². The monoisotopic (exact) mass is 240 g/mol. The molecule has 0 aromatic rings. The summed E-state index contributed by atoms with van der Waals surface area (Å²) in [4.78, 5) is 11.8. The molecule has 1 rings (SSSR count). The van der Waals surface area contributed by atoms with E-state index in [0.717, 1.165) is 19.5 Å². The van der Waals surface area contributed by atoms with Crippen LogP contribution < -0.4 is 10.6 Å². The molecule has 1 atom stereocenters. The molecule has 1 amide bonds. The number of amides is 1. The Morgan fingerprint density at radius 2 is 1.94 bits per heavy atom. The van der Waals surface area contributed by atoms with Crippen LogP contribution in [0.4, 0.5) is 0 Å². The smallest absolute Gasteiger partial charge is 0.221 e. The van der Waals surface area contributed by atoms with E-state index >= 15 is 0 Å². The third-order valence-corrected chi connectivity index (χ3v) is 4.35. The van der Waals surface area contributed by atoms with Crippen LogP contribution >= 0.6 is 0 Å². The third-order valence-electron chi connectivity index (χ3n) is 4.35. The van der Waals surface area contributed by atoms with E-state index in [1.807, 2.05) is 0 Å². The molecule has 1 unspecified atom stereocenters. The molecular weight excluding hydrogens is 212 g/mol. The van der Waals surface area contributed by atoms with Crippen LogP contribution in [0, 0.1) is 10.8 Å². The van der Waals surface area contributed by atoms with Crippen LogP contribution in [0.5, 0.6) is 0 Å². The average molecular weight is 240 g/mol. The fraction of sp³-hybridized carbons (Fsp3) is 0.929. The van der Waals surface area contributed by atoms with E-state index in [4.69, 9.17) is 0 Å². The number of hydrogen-bond acceptors (Lipinski definition) is 2. The molecule has 17 heavy (non-hydrogen) atoms. The first-order chi connectivity index (χ1) is 7.72. The van der Waals surface area contributed by atoms with Crippen molar-refractivity contribution in [1.29, 1.82) is 0 Å². The molecule has 0 bridgehead atoms. The van der Waals surface area contributed by atoms with Crippen molar-refractivity contribution in [2.45, 2.75) is 59.9 Å². The Morgan fingerprint density at radius 1 is 1.29 bits per heavy atom. The maximum atomic E-state index is 11.8. The molecule has 1 heterocycles. The summed E-state index contributed by atoms with van der Waals surface area (Å²) < 4.78 is 0. The van der Waals surface area contributed by atoms with Gasteiger partial charge in [-0.25, -0.2) is 0 Å². The second kappa shape index (κ2) is 5.38. The average Bonchev–Trinajstić information content (AvgIpc) is 2.66. The topological polar surface area (TPSA) is 41.1 Å². The molecular formula is C14H28N2O. The van der Waals surface area contributed by atoms with Gasteiger partial charge in [0, 0.05) is 19.0 Å². The van der Waals surface area contributed by atoms with Gasteiger partial charge in [0.2, 0.25) is 5.91 Å². The summed E-state index contributed by atoms with van der Waals surface area (Å²) in [5, 5.41) is 6.43. The van der Waals surface area contributed by atoms with Gasteiger partial charge in [0.25, 0.3) is 0 Å². The maximum absolute atomic E-state index is 11.8. The fourth-order valence-corrected chi connectivity index (χ4v) is 1.81. The summed E-state index contributed by atoms with van der Waals surface area (Å²) >= 11 is 0. The lowest BCUT2D eigenvalue weighted by atomic mass is 9.69. The van der Waals surface area contributed by atoms with Crippen LogP contribution in [-0.2, 0) is 4.79 Å². The van der Waals surface area contributed by atoms with Gasteiger partial charge in [0.05, 0.1) is 0 Å². The van der Waals surface area contributed by atoms with Crippen molar-refractivity contribution in [3.63, 3.8) is 0 Å². The summed E-state index contributed by atoms with van der Waals surface area (Å²) in [6.45, 7) is 12.9. The van der Waals surface area contributed by atoms with Crippen molar-refractivity contribution in [2.75, 3.05) is 13.1 Å². The van der Waals surface area contributed by atoms with Gasteiger partial charge in [-0.3, -0.25) is 4.79 Å². The number of carbonyl (C=O) groups is 1. The Balaban J connectivity index is 2.32. The zero-order valence-corrected chi connectivity index (χ0v) is 12.0. The zero-order valence-electron chi connectivity index (χ0n) is 12.0. The van der Waals surface area contributed by atoms with E-state index in [2.05, 4.69) is 45.3 Å². The van der Waals surface area contributed by atoms with Gasteiger partial charge in [-0.05, 0) is 30.2 Å². The molecule has 0 aliphatic carbocycles. The van der Waals surface area contributed by atoms with Crippen molar-refractivity contribution in [1.82, 2.24) is 10.6 Å². The molecule has 100 valence electrons. The molecule has 1 fully saturated rings. The minimum atomic E-state index is 0.117. The number of hydrogen-bond donors (Lipinski definition) is 2. The maximum Gasteiger partial charge on any atom is 0.221 e. The summed E-state index contributed by atoms with van der Waals surface area (Å²) in [6, 6.07) is 0.396. The van der Waals surface area contributed by atoms with Crippen molar-refractivity contribution >= 4 is 5.91 Å². The SMILES string of the molecule is CC(C)(C)C(C)(C)CNC(=O)CC1CCCN1. The Labute approximate surface area is 106 Å². The largest absolute Gasteiger partial charge is 0.355 e. The lowest BCUT2D eigenvalue weighted by Crippen LogP contribution is -2.42. The van der Waals surface area contributed by atoms with Crippen LogP contribution in [0.15, 0.2) is 0 Å². The van der Waals surface area contributed by atoms with Crippen molar-refractivity contribution in [2.24, 2.45) is 10.8 Å². The van der Waals surface area contributed by atoms with E-state index in [-0.39, 0.29) is 16.7 Å². The molecule has 0 saturated carbocycles. The Hall–Kier alpha value is -0.570. The minimum Gasteiger partial charge on any atom is -0.355 e. The lowest BCUT2D eigenvalue weighted by molar-refractivity contribution is -0.122. The van der Waals surface area contributed by atoms with E-state index in [1.165, 1.54) is 6.42 Å². The van der Waals surface area contributed by atoms with Gasteiger partial charge >= 0.3 is 0 Å². The van der Waals surface area contributed by atoms with Crippen molar-refractivity contribution in [3.05, 3.63) is 0 Å². The summed E-state index contributed by atoms with van der Waals surface area (Å²) in [5.74, 6) is 0.182. The first-order valence-electron chi connectivity index (χ1n) is 6.72. The third kappa shape index (κ3) is 4.30. The molecule has 0 spiro atoms. The van der Waals surface area contributed by atoms with Gasteiger partial charge in [-0.1, -0.05) is 34.6 Å². The van der Waals surface area contributed by atoms with Gasteiger partial charge < -0.3 is 10.6 Å². The summed E-state index contributed by atoms with van der Waals surface area (Å²) in [6.07, 6.45) is 2.96. The molecule has 0 aromatic heterocycles. The van der Waals surface area contributed by atoms with E-state index in [9.17, 15) is 4.79 Å². The summed E-state index contributed by atoms with van der Waals surface area (Å²) in [5.41, 5.74) is 0.317. The Morgan fingerprint density at radius 3 is 2.41 bits per heavy atom. The fourth-order valence-electron chi connectivity index (χ4n) is 1.81. The normalized spacial score (nSPS) is 21.6. The van der Waals surface area contributed by atoms with E-state index in [0.29, 0.717) is 12.5 Å². The second-order valence-electron chi connectivity index (χ2n) is 6.91. The first-order valence-corrected chi connectivity index (χ1v) is 6.72. The molecule has 3 nitrogen and oxygen atoms in total. The highest BCUT2D eigenvalue weighted by Gasteiger charge is 2.33. The van der Waals surface area contributed by atoms with Crippen LogP contribution in [0.2, 0.25) is 0 Å². The highest BCUT2D eigenvalue weighted by Crippen LogP contribution is 2.36. The molecule has 3 heteroatoms. The highest BCUT2D eigenvalue weighted by molar-refractivity contribution is 5.76. The zero-order chi connectivity index (χ0) is 13.1. The van der Waals surface area contributed by atoms with Crippen LogP contribution in [0.1, 0.15) is 53.9 Å².